The maximum Gasteiger partial charge on any atom is 0.0613 e. The third kappa shape index (κ3) is 2.68. The van der Waals surface area contributed by atoms with Gasteiger partial charge < -0.3 is 0 Å². The average molecular weight is 205 g/mol. The number of rotatable bonds is 3. The van der Waals surface area contributed by atoms with Crippen LogP contribution in [0, 0.1) is 4.91 Å². The molecule has 1 N–H and O–H groups in total. The number of halogens is 2. The van der Waals surface area contributed by atoms with Gasteiger partial charge in [0.2, 0.25) is 0 Å². The summed E-state index contributed by atoms with van der Waals surface area (Å²) in [6.45, 7) is 0.337. The lowest BCUT2D eigenvalue weighted by Crippen LogP contribution is -2.02. The lowest BCUT2D eigenvalue weighted by Gasteiger charge is -2.00. The van der Waals surface area contributed by atoms with Crippen LogP contribution in [0.2, 0.25) is 10.0 Å². The Labute approximate surface area is 79.6 Å². The van der Waals surface area contributed by atoms with Gasteiger partial charge in [0.15, 0.2) is 0 Å². The molecule has 0 spiro atoms. The van der Waals surface area contributed by atoms with Gasteiger partial charge in [0, 0.05) is 15.3 Å². The van der Waals surface area contributed by atoms with Crippen molar-refractivity contribution in [2.45, 2.75) is 6.54 Å². The zero-order valence-corrected chi connectivity index (χ0v) is 7.56. The highest BCUT2D eigenvalue weighted by atomic mass is 35.5. The SMILES string of the molecule is O=NNCc1cc(Cl)cc(Cl)c1. The summed E-state index contributed by atoms with van der Waals surface area (Å²) in [6.07, 6.45) is 0. The van der Waals surface area contributed by atoms with Crippen molar-refractivity contribution >= 4 is 23.2 Å². The lowest BCUT2D eigenvalue weighted by atomic mass is 10.2. The summed E-state index contributed by atoms with van der Waals surface area (Å²) in [5.74, 6) is 0. The Hall–Kier alpha value is -0.800. The van der Waals surface area contributed by atoms with Crippen LogP contribution in [0.4, 0.5) is 0 Å². The molecular weight excluding hydrogens is 199 g/mol. The molecule has 64 valence electrons. The number of nitrogens with one attached hydrogen (secondary N) is 1. The van der Waals surface area contributed by atoms with Crippen LogP contribution in [-0.2, 0) is 6.54 Å². The van der Waals surface area contributed by atoms with Gasteiger partial charge in [-0.3, -0.25) is 5.43 Å². The van der Waals surface area contributed by atoms with Crippen molar-refractivity contribution in [1.29, 1.82) is 0 Å². The topological polar surface area (TPSA) is 41.5 Å². The van der Waals surface area contributed by atoms with Crippen LogP contribution in [-0.4, -0.2) is 0 Å². The number of nitrogens with zero attached hydrogens (tertiary/aromatic N) is 1. The maximum atomic E-state index is 9.72. The summed E-state index contributed by atoms with van der Waals surface area (Å²) >= 11 is 11.4. The van der Waals surface area contributed by atoms with Crippen LogP contribution in [0.25, 0.3) is 0 Å². The molecule has 1 aromatic carbocycles. The predicted octanol–water partition coefficient (Wildman–Crippen LogP) is 2.76. The van der Waals surface area contributed by atoms with E-state index < -0.39 is 0 Å². The molecule has 12 heavy (non-hydrogen) atoms. The Kier molecular flexibility index (Phi) is 3.31. The van der Waals surface area contributed by atoms with Gasteiger partial charge >= 0.3 is 0 Å². The molecule has 0 saturated heterocycles. The van der Waals surface area contributed by atoms with E-state index in [1.165, 1.54) is 0 Å². The summed E-state index contributed by atoms with van der Waals surface area (Å²) in [5.41, 5.74) is 3.10. The zero-order valence-electron chi connectivity index (χ0n) is 6.05. The summed E-state index contributed by atoms with van der Waals surface area (Å²) < 4.78 is 0. The molecular formula is C7H6Cl2N2O. The largest absolute Gasteiger partial charge is 0.269 e. The Balaban J connectivity index is 2.78. The molecule has 0 aliphatic carbocycles. The van der Waals surface area contributed by atoms with Gasteiger partial charge in [-0.2, -0.15) is 0 Å². The third-order valence-corrected chi connectivity index (χ3v) is 1.71. The fraction of sp³-hybridized carbons (Fsp3) is 0.143. The second-order valence-electron chi connectivity index (χ2n) is 2.20. The average Bonchev–Trinajstić information content (AvgIpc) is 1.99. The van der Waals surface area contributed by atoms with Crippen LogP contribution < -0.4 is 5.43 Å². The molecule has 0 aliphatic heterocycles. The zero-order chi connectivity index (χ0) is 8.97. The molecule has 1 aromatic rings. The van der Waals surface area contributed by atoms with Crippen molar-refractivity contribution < 1.29 is 0 Å². The normalized spacial score (nSPS) is 9.50. The van der Waals surface area contributed by atoms with E-state index in [9.17, 15) is 4.91 Å². The Morgan fingerprint density at radius 1 is 1.25 bits per heavy atom. The summed E-state index contributed by atoms with van der Waals surface area (Å²) in [6, 6.07) is 5.05. The second kappa shape index (κ2) is 4.28. The molecule has 0 atom stereocenters. The highest BCUT2D eigenvalue weighted by Crippen LogP contribution is 2.18. The summed E-state index contributed by atoms with van der Waals surface area (Å²) in [7, 11) is 0. The highest BCUT2D eigenvalue weighted by molar-refractivity contribution is 6.34. The van der Waals surface area contributed by atoms with Gasteiger partial charge in [0.25, 0.3) is 0 Å². The van der Waals surface area contributed by atoms with Crippen molar-refractivity contribution in [1.82, 2.24) is 5.43 Å². The molecule has 0 radical (unpaired) electrons. The molecule has 0 saturated carbocycles. The predicted molar refractivity (Wildman–Crippen MR) is 49.1 cm³/mol. The molecule has 0 heterocycles. The molecule has 3 nitrogen and oxygen atoms in total. The van der Waals surface area contributed by atoms with E-state index in [1.807, 2.05) is 0 Å². The van der Waals surface area contributed by atoms with Crippen molar-refractivity contribution in [2.75, 3.05) is 0 Å². The first-order chi connectivity index (χ1) is 5.72. The number of hydrogen-bond acceptors (Lipinski definition) is 2. The first-order valence-corrected chi connectivity index (χ1v) is 3.98. The fourth-order valence-electron chi connectivity index (χ4n) is 0.837. The van der Waals surface area contributed by atoms with Gasteiger partial charge in [-0.15, -0.1) is 4.91 Å². The van der Waals surface area contributed by atoms with Crippen molar-refractivity contribution in [3.63, 3.8) is 0 Å². The van der Waals surface area contributed by atoms with E-state index >= 15 is 0 Å². The maximum absolute atomic E-state index is 9.72. The number of benzene rings is 1. The number of nitroso groups, excluding NO2 is 1. The van der Waals surface area contributed by atoms with E-state index in [0.29, 0.717) is 16.6 Å². The third-order valence-electron chi connectivity index (χ3n) is 1.27. The lowest BCUT2D eigenvalue weighted by molar-refractivity contribution is 0.737. The molecule has 1 rings (SSSR count). The molecule has 0 fully saturated rings. The van der Waals surface area contributed by atoms with Gasteiger partial charge in [-0.1, -0.05) is 23.2 Å². The Bertz CT molecular complexity index is 270. The van der Waals surface area contributed by atoms with Gasteiger partial charge in [0.1, 0.15) is 0 Å². The Morgan fingerprint density at radius 3 is 2.33 bits per heavy atom. The molecule has 0 aromatic heterocycles. The monoisotopic (exact) mass is 204 g/mol. The summed E-state index contributed by atoms with van der Waals surface area (Å²) in [4.78, 5) is 9.72. The van der Waals surface area contributed by atoms with Crippen LogP contribution >= 0.6 is 23.2 Å². The molecule has 0 bridgehead atoms. The minimum Gasteiger partial charge on any atom is -0.269 e. The first kappa shape index (κ1) is 9.29. The van der Waals surface area contributed by atoms with Crippen LogP contribution in [0.5, 0.6) is 0 Å². The minimum atomic E-state index is 0.337. The van der Waals surface area contributed by atoms with Gasteiger partial charge in [-0.05, 0) is 23.8 Å². The van der Waals surface area contributed by atoms with E-state index in [2.05, 4.69) is 10.7 Å². The number of hydrogen-bond donors (Lipinski definition) is 1. The van der Waals surface area contributed by atoms with Crippen LogP contribution in [0.3, 0.4) is 0 Å². The van der Waals surface area contributed by atoms with Crippen molar-refractivity contribution in [3.05, 3.63) is 38.7 Å². The molecule has 0 unspecified atom stereocenters. The molecule has 5 heteroatoms. The van der Waals surface area contributed by atoms with E-state index in [0.717, 1.165) is 5.56 Å². The van der Waals surface area contributed by atoms with Crippen LogP contribution in [0.15, 0.2) is 23.5 Å². The van der Waals surface area contributed by atoms with Gasteiger partial charge in [-0.25, -0.2) is 0 Å². The fourth-order valence-corrected chi connectivity index (χ4v) is 1.41. The highest BCUT2D eigenvalue weighted by Gasteiger charge is 1.96. The Morgan fingerprint density at radius 2 is 1.83 bits per heavy atom. The molecule has 0 aliphatic rings. The second-order valence-corrected chi connectivity index (χ2v) is 3.08. The van der Waals surface area contributed by atoms with Crippen LogP contribution in [0.1, 0.15) is 5.56 Å². The van der Waals surface area contributed by atoms with E-state index in [4.69, 9.17) is 23.2 Å². The van der Waals surface area contributed by atoms with E-state index in [1.54, 1.807) is 18.2 Å². The molecule has 0 amide bonds. The quantitative estimate of drug-likeness (QED) is 0.608. The first-order valence-electron chi connectivity index (χ1n) is 3.22. The summed E-state index contributed by atoms with van der Waals surface area (Å²) in [5, 5.41) is 3.60. The van der Waals surface area contributed by atoms with Crippen molar-refractivity contribution in [2.24, 2.45) is 5.29 Å². The van der Waals surface area contributed by atoms with Crippen molar-refractivity contribution in [3.8, 4) is 0 Å². The van der Waals surface area contributed by atoms with Gasteiger partial charge in [0.05, 0.1) is 6.54 Å². The standard InChI is InChI=1S/C7H6Cl2N2O/c8-6-1-5(4-10-11-12)2-7(9)3-6/h1-3H,4H2,(H,10,12). The minimum absolute atomic E-state index is 0.337. The van der Waals surface area contributed by atoms with E-state index in [-0.39, 0.29) is 0 Å². The smallest absolute Gasteiger partial charge is 0.0613 e.